The number of hydrogen-bond donors (Lipinski definition) is 1. The lowest BCUT2D eigenvalue weighted by Crippen LogP contribution is -2.21. The van der Waals surface area contributed by atoms with E-state index in [0.717, 1.165) is 5.56 Å². The van der Waals surface area contributed by atoms with E-state index < -0.39 is 14.8 Å². The van der Waals surface area contributed by atoms with Crippen LogP contribution < -0.4 is 5.32 Å². The molecule has 1 atom stereocenters. The van der Waals surface area contributed by atoms with Gasteiger partial charge in [0, 0.05) is 17.7 Å². The van der Waals surface area contributed by atoms with E-state index in [1.807, 2.05) is 0 Å². The number of nitro benzene ring substituents is 1. The summed E-state index contributed by atoms with van der Waals surface area (Å²) >= 11 is 0. The van der Waals surface area contributed by atoms with Gasteiger partial charge in [0.1, 0.15) is 11.4 Å². The van der Waals surface area contributed by atoms with Gasteiger partial charge in [0.15, 0.2) is 9.84 Å². The second-order valence-electron chi connectivity index (χ2n) is 5.93. The topological polar surface area (TPSA) is 115 Å². The van der Waals surface area contributed by atoms with E-state index in [1.54, 1.807) is 26.0 Å². The van der Waals surface area contributed by atoms with Gasteiger partial charge in [-0.15, -0.1) is 0 Å². The van der Waals surface area contributed by atoms with E-state index in [9.17, 15) is 18.5 Å². The summed E-state index contributed by atoms with van der Waals surface area (Å²) in [6, 6.07) is 4.49. The second kappa shape index (κ2) is 5.90. The fourth-order valence-electron chi connectivity index (χ4n) is 2.98. The molecule has 1 aliphatic heterocycles. The SMILES string of the molecule is Cc1noc(C)c1-c1ccc(NC2CCS(=O)(=O)C2)c([N+](=O)[O-])c1. The Balaban J connectivity index is 1.95. The van der Waals surface area contributed by atoms with Crippen LogP contribution in [0.2, 0.25) is 0 Å². The van der Waals surface area contributed by atoms with Crippen LogP contribution in [-0.4, -0.2) is 36.0 Å². The Morgan fingerprint density at radius 2 is 2.12 bits per heavy atom. The average Bonchev–Trinajstić information content (AvgIpc) is 3.01. The third-order valence-corrected chi connectivity index (χ3v) is 5.88. The van der Waals surface area contributed by atoms with Crippen LogP contribution in [0.4, 0.5) is 11.4 Å². The van der Waals surface area contributed by atoms with Crippen LogP contribution in [0.1, 0.15) is 17.9 Å². The fourth-order valence-corrected chi connectivity index (χ4v) is 4.66. The van der Waals surface area contributed by atoms with Gasteiger partial charge >= 0.3 is 0 Å². The van der Waals surface area contributed by atoms with E-state index >= 15 is 0 Å². The molecule has 24 heavy (non-hydrogen) atoms. The fraction of sp³-hybridized carbons (Fsp3) is 0.400. The zero-order chi connectivity index (χ0) is 17.5. The lowest BCUT2D eigenvalue weighted by molar-refractivity contribution is -0.383. The molecule has 1 aromatic carbocycles. The van der Waals surface area contributed by atoms with Crippen LogP contribution in [0.25, 0.3) is 11.1 Å². The van der Waals surface area contributed by atoms with Crippen molar-refractivity contribution >= 4 is 21.2 Å². The van der Waals surface area contributed by atoms with Gasteiger partial charge in [0.25, 0.3) is 5.69 Å². The molecule has 0 bridgehead atoms. The molecule has 0 spiro atoms. The van der Waals surface area contributed by atoms with Crippen molar-refractivity contribution in [1.29, 1.82) is 0 Å². The van der Waals surface area contributed by atoms with Gasteiger partial charge in [-0.2, -0.15) is 0 Å². The number of nitrogens with one attached hydrogen (secondary N) is 1. The number of aryl methyl sites for hydroxylation is 2. The van der Waals surface area contributed by atoms with Gasteiger partial charge in [0.05, 0.1) is 22.1 Å². The quantitative estimate of drug-likeness (QED) is 0.664. The maximum Gasteiger partial charge on any atom is 0.292 e. The van der Waals surface area contributed by atoms with Crippen molar-refractivity contribution in [3.05, 3.63) is 39.8 Å². The molecule has 1 aromatic heterocycles. The third-order valence-electron chi connectivity index (χ3n) is 4.11. The minimum absolute atomic E-state index is 0.00419. The summed E-state index contributed by atoms with van der Waals surface area (Å²) in [5.74, 6) is 0.690. The molecular weight excluding hydrogens is 334 g/mol. The highest BCUT2D eigenvalue weighted by Gasteiger charge is 2.29. The van der Waals surface area contributed by atoms with Gasteiger partial charge in [-0.1, -0.05) is 11.2 Å². The summed E-state index contributed by atoms with van der Waals surface area (Å²) in [5, 5.41) is 18.3. The van der Waals surface area contributed by atoms with Crippen molar-refractivity contribution < 1.29 is 17.9 Å². The predicted octanol–water partition coefficient (Wildman–Crippen LogP) is 2.47. The van der Waals surface area contributed by atoms with Crippen molar-refractivity contribution in [2.24, 2.45) is 0 Å². The minimum atomic E-state index is -3.06. The molecule has 0 saturated carbocycles. The first kappa shape index (κ1) is 16.4. The van der Waals surface area contributed by atoms with Crippen LogP contribution in [0.15, 0.2) is 22.7 Å². The number of nitrogens with zero attached hydrogens (tertiary/aromatic N) is 2. The number of benzene rings is 1. The number of sulfone groups is 1. The Bertz CT molecular complexity index is 884. The molecule has 0 radical (unpaired) electrons. The van der Waals surface area contributed by atoms with Crippen LogP contribution in [0, 0.1) is 24.0 Å². The van der Waals surface area contributed by atoms with Crippen LogP contribution in [0.3, 0.4) is 0 Å². The predicted molar refractivity (Wildman–Crippen MR) is 88.7 cm³/mol. The first-order chi connectivity index (χ1) is 11.3. The van der Waals surface area contributed by atoms with Gasteiger partial charge in [0.2, 0.25) is 0 Å². The highest BCUT2D eigenvalue weighted by molar-refractivity contribution is 7.91. The number of rotatable bonds is 4. The number of nitro groups is 1. The standard InChI is InChI=1S/C15H17N3O5S/c1-9-15(10(2)23-17-9)11-3-4-13(14(7-11)18(19)20)16-12-5-6-24(21,22)8-12/h3-4,7,12,16H,5-6,8H2,1-2H3. The molecule has 1 saturated heterocycles. The van der Waals surface area contributed by atoms with Crippen molar-refractivity contribution in [3.63, 3.8) is 0 Å². The number of aromatic nitrogens is 1. The molecule has 1 unspecified atom stereocenters. The lowest BCUT2D eigenvalue weighted by atomic mass is 10.0. The second-order valence-corrected chi connectivity index (χ2v) is 8.16. The maximum absolute atomic E-state index is 11.5. The Hall–Kier alpha value is -2.42. The minimum Gasteiger partial charge on any atom is -0.376 e. The van der Waals surface area contributed by atoms with E-state index in [0.29, 0.717) is 29.1 Å². The molecule has 3 rings (SSSR count). The molecule has 1 N–H and O–H groups in total. The number of anilines is 1. The highest BCUT2D eigenvalue weighted by atomic mass is 32.2. The summed E-state index contributed by atoms with van der Waals surface area (Å²) in [6.45, 7) is 3.52. The molecule has 1 aliphatic rings. The molecule has 0 amide bonds. The summed E-state index contributed by atoms with van der Waals surface area (Å²) < 4.78 is 28.2. The van der Waals surface area contributed by atoms with E-state index in [-0.39, 0.29) is 23.2 Å². The monoisotopic (exact) mass is 351 g/mol. The Kier molecular flexibility index (Phi) is 4.04. The van der Waals surface area contributed by atoms with Gasteiger partial charge in [-0.25, -0.2) is 8.42 Å². The summed E-state index contributed by atoms with van der Waals surface area (Å²) in [4.78, 5) is 10.9. The molecule has 0 aliphatic carbocycles. The smallest absolute Gasteiger partial charge is 0.292 e. The summed E-state index contributed by atoms with van der Waals surface area (Å²) in [7, 11) is -3.06. The molecule has 1 fully saturated rings. The zero-order valence-corrected chi connectivity index (χ0v) is 14.1. The van der Waals surface area contributed by atoms with E-state index in [2.05, 4.69) is 10.5 Å². The average molecular weight is 351 g/mol. The maximum atomic E-state index is 11.5. The molecule has 2 aromatic rings. The van der Waals surface area contributed by atoms with Gasteiger partial charge in [-0.05, 0) is 31.9 Å². The summed E-state index contributed by atoms with van der Waals surface area (Å²) in [6.07, 6.45) is 0.450. The van der Waals surface area contributed by atoms with Gasteiger partial charge in [-0.3, -0.25) is 10.1 Å². The van der Waals surface area contributed by atoms with E-state index in [4.69, 9.17) is 4.52 Å². The first-order valence-electron chi connectivity index (χ1n) is 7.45. The molecule has 2 heterocycles. The van der Waals surface area contributed by atoms with Gasteiger partial charge < -0.3 is 9.84 Å². The number of hydrogen-bond acceptors (Lipinski definition) is 7. The van der Waals surface area contributed by atoms with Crippen molar-refractivity contribution in [2.75, 3.05) is 16.8 Å². The lowest BCUT2D eigenvalue weighted by Gasteiger charge is -2.13. The van der Waals surface area contributed by atoms with E-state index in [1.165, 1.54) is 6.07 Å². The largest absolute Gasteiger partial charge is 0.376 e. The van der Waals surface area contributed by atoms with Crippen molar-refractivity contribution in [3.8, 4) is 11.1 Å². The molecule has 8 nitrogen and oxygen atoms in total. The van der Waals surface area contributed by atoms with Crippen molar-refractivity contribution in [1.82, 2.24) is 5.16 Å². The zero-order valence-electron chi connectivity index (χ0n) is 13.3. The summed E-state index contributed by atoms with van der Waals surface area (Å²) in [5.41, 5.74) is 2.24. The normalized spacial score (nSPS) is 19.3. The van der Waals surface area contributed by atoms with Crippen LogP contribution in [-0.2, 0) is 9.84 Å². The van der Waals surface area contributed by atoms with Crippen LogP contribution in [0.5, 0.6) is 0 Å². The first-order valence-corrected chi connectivity index (χ1v) is 9.27. The molecular formula is C15H17N3O5S. The Labute approximate surface area is 138 Å². The molecule has 9 heteroatoms. The van der Waals surface area contributed by atoms with Crippen molar-refractivity contribution in [2.45, 2.75) is 26.3 Å². The Morgan fingerprint density at radius 3 is 2.67 bits per heavy atom. The highest BCUT2D eigenvalue weighted by Crippen LogP contribution is 2.34. The molecule has 128 valence electrons. The Morgan fingerprint density at radius 1 is 1.38 bits per heavy atom. The third kappa shape index (κ3) is 3.12. The van der Waals surface area contributed by atoms with Crippen LogP contribution >= 0.6 is 0 Å².